The average Bonchev–Trinajstić information content (AvgIpc) is 3.50. The summed E-state index contributed by atoms with van der Waals surface area (Å²) in [6.07, 6.45) is 2.39. The zero-order valence-electron chi connectivity index (χ0n) is 33.1. The monoisotopic (exact) mass is 776 g/mol. The first-order chi connectivity index (χ1) is 28.7. The van der Waals surface area contributed by atoms with Crippen LogP contribution in [-0.4, -0.2) is 48.1 Å². The van der Waals surface area contributed by atoms with E-state index in [9.17, 15) is 19.2 Å². The average molecular weight is 777 g/mol. The maximum absolute atomic E-state index is 14.7. The fraction of sp³-hybridized carbons (Fsp3) is 0.140. The summed E-state index contributed by atoms with van der Waals surface area (Å²) in [6.45, 7) is 9.64. The summed E-state index contributed by atoms with van der Waals surface area (Å²) in [5.74, 6) is 0.454. The molecule has 2 heterocycles. The molecule has 1 spiro atoms. The molecule has 9 nitrogen and oxygen atoms in total. The Morgan fingerprint density at radius 3 is 1.58 bits per heavy atom. The molecular weight excluding hydrogens is 737 g/mol. The Morgan fingerprint density at radius 1 is 0.610 bits per heavy atom. The number of hydrazone groups is 1. The van der Waals surface area contributed by atoms with E-state index in [0.29, 0.717) is 50.4 Å². The van der Waals surface area contributed by atoms with Crippen LogP contribution in [-0.2, 0) is 5.54 Å². The Balaban J connectivity index is 1.18. The van der Waals surface area contributed by atoms with Crippen LogP contribution in [0.4, 0.5) is 11.4 Å². The van der Waals surface area contributed by atoms with Crippen LogP contribution < -0.4 is 15.4 Å². The molecule has 290 valence electrons. The summed E-state index contributed by atoms with van der Waals surface area (Å²) in [6, 6.07) is 36.6. The standard InChI is InChI=1S/C50H40N4O5/c1-5-51-41-25-43-39(23-29(41)3)50(40-24-30(4)42(52-6-2)26-44(40)59-43)38-14-10-9-13-37(38)49(58)54(50)53-27-31-15-19-33(20-16-31)45-46(34-21-17-32(28-55)18-22-34)48(57)36-12-8-7-11-35(36)47(45)56/h7-28,51-52H,5-6H2,1-4H3/b53-27+. The summed E-state index contributed by atoms with van der Waals surface area (Å²) < 4.78 is 6.73. The van der Waals surface area contributed by atoms with Crippen molar-refractivity contribution >= 4 is 52.5 Å². The van der Waals surface area contributed by atoms with Crippen molar-refractivity contribution in [3.05, 3.63) is 188 Å². The van der Waals surface area contributed by atoms with Gasteiger partial charge in [0.1, 0.15) is 23.3 Å². The number of rotatable bonds is 9. The third kappa shape index (κ3) is 5.80. The fourth-order valence-corrected chi connectivity index (χ4v) is 8.67. The molecule has 6 aromatic rings. The van der Waals surface area contributed by atoms with Crippen LogP contribution in [0.15, 0.2) is 126 Å². The highest BCUT2D eigenvalue weighted by Crippen LogP contribution is 2.59. The van der Waals surface area contributed by atoms with Gasteiger partial charge in [0.05, 0.1) is 6.21 Å². The van der Waals surface area contributed by atoms with Crippen molar-refractivity contribution in [3.8, 4) is 11.5 Å². The molecule has 6 aromatic carbocycles. The number of nitrogens with one attached hydrogen (secondary N) is 2. The number of Topliss-reactive ketones (excluding diaryl/α,β-unsaturated/α-hetero) is 2. The number of fused-ring (bicyclic) bond motifs is 7. The van der Waals surface area contributed by atoms with Crippen molar-refractivity contribution < 1.29 is 23.9 Å². The molecule has 0 fully saturated rings. The van der Waals surface area contributed by atoms with Crippen LogP contribution in [0.5, 0.6) is 11.5 Å². The van der Waals surface area contributed by atoms with Crippen LogP contribution in [0.2, 0.25) is 0 Å². The van der Waals surface area contributed by atoms with Gasteiger partial charge in [-0.2, -0.15) is 5.10 Å². The highest BCUT2D eigenvalue weighted by molar-refractivity contribution is 6.51. The molecular formula is C50H40N4O5. The van der Waals surface area contributed by atoms with Gasteiger partial charge < -0.3 is 15.4 Å². The van der Waals surface area contributed by atoms with Gasteiger partial charge in [0.25, 0.3) is 5.91 Å². The number of allylic oxidation sites excluding steroid dienone is 2. The maximum atomic E-state index is 14.7. The number of amides is 1. The molecule has 0 saturated carbocycles. The summed E-state index contributed by atoms with van der Waals surface area (Å²) in [5.41, 5.74) is 9.10. The lowest BCUT2D eigenvalue weighted by atomic mass is 9.74. The van der Waals surface area contributed by atoms with E-state index >= 15 is 0 Å². The summed E-state index contributed by atoms with van der Waals surface area (Å²) in [7, 11) is 0. The minimum Gasteiger partial charge on any atom is -0.456 e. The second kappa shape index (κ2) is 14.5. The third-order valence-corrected chi connectivity index (χ3v) is 11.4. The topological polar surface area (TPSA) is 117 Å². The molecule has 0 saturated heterocycles. The normalized spacial score (nSPS) is 14.8. The molecule has 1 aliphatic carbocycles. The zero-order chi connectivity index (χ0) is 41.0. The van der Waals surface area contributed by atoms with Gasteiger partial charge in [-0.15, -0.1) is 0 Å². The quantitative estimate of drug-likeness (QED) is 0.111. The second-order valence-corrected chi connectivity index (χ2v) is 14.9. The molecule has 0 aromatic heterocycles. The van der Waals surface area contributed by atoms with Crippen LogP contribution in [0, 0.1) is 13.8 Å². The molecule has 0 unspecified atom stereocenters. The Labute approximate surface area is 342 Å². The van der Waals surface area contributed by atoms with E-state index < -0.39 is 5.54 Å². The molecule has 9 rings (SSSR count). The largest absolute Gasteiger partial charge is 0.456 e. The Bertz CT molecular complexity index is 2760. The van der Waals surface area contributed by atoms with Crippen LogP contribution in [0.25, 0.3) is 11.1 Å². The molecule has 0 bridgehead atoms. The third-order valence-electron chi connectivity index (χ3n) is 11.4. The number of carbonyl (C=O) groups excluding carboxylic acids is 4. The Morgan fingerprint density at radius 2 is 1.08 bits per heavy atom. The van der Waals surface area contributed by atoms with E-state index in [-0.39, 0.29) is 28.6 Å². The number of nitrogens with zero attached hydrogens (tertiary/aromatic N) is 2. The van der Waals surface area contributed by atoms with Gasteiger partial charge in [-0.1, -0.05) is 91.0 Å². The van der Waals surface area contributed by atoms with Gasteiger partial charge >= 0.3 is 0 Å². The number of aldehydes is 1. The van der Waals surface area contributed by atoms with E-state index in [1.807, 2.05) is 76.2 Å². The number of ketones is 2. The maximum Gasteiger partial charge on any atom is 0.275 e. The van der Waals surface area contributed by atoms with Crippen LogP contribution >= 0.6 is 0 Å². The number of hydrogen-bond donors (Lipinski definition) is 2. The van der Waals surface area contributed by atoms with Gasteiger partial charge in [-0.05, 0) is 73.7 Å². The van der Waals surface area contributed by atoms with Gasteiger partial charge in [-0.25, -0.2) is 5.01 Å². The number of anilines is 2. The van der Waals surface area contributed by atoms with Crippen LogP contribution in [0.1, 0.15) is 99.8 Å². The van der Waals surface area contributed by atoms with Crippen LogP contribution in [0.3, 0.4) is 0 Å². The number of ether oxygens (including phenoxy) is 1. The zero-order valence-corrected chi connectivity index (χ0v) is 33.1. The highest BCUT2D eigenvalue weighted by Gasteiger charge is 2.57. The van der Waals surface area contributed by atoms with E-state index in [2.05, 4.69) is 22.8 Å². The van der Waals surface area contributed by atoms with E-state index in [4.69, 9.17) is 9.84 Å². The first kappa shape index (κ1) is 37.2. The molecule has 9 heteroatoms. The molecule has 1 amide bonds. The SMILES string of the molecule is CCNc1cc2c(cc1C)C1(c3cc(C)c(NCC)cc3O2)c2ccccc2C(=O)N1/N=C/c1ccc(C2=C(c3ccc(C=O)cc3)C(=O)c3ccccc3C2=O)cc1. The van der Waals surface area contributed by atoms with Crippen molar-refractivity contribution in [2.75, 3.05) is 23.7 Å². The number of hydrogen-bond acceptors (Lipinski definition) is 8. The Hall–Kier alpha value is -7.39. The summed E-state index contributed by atoms with van der Waals surface area (Å²) in [5, 5.41) is 13.5. The molecule has 2 aliphatic heterocycles. The summed E-state index contributed by atoms with van der Waals surface area (Å²) in [4.78, 5) is 54.4. The lowest BCUT2D eigenvalue weighted by Crippen LogP contribution is -2.44. The van der Waals surface area contributed by atoms with Crippen molar-refractivity contribution in [1.29, 1.82) is 0 Å². The van der Waals surface area contributed by atoms with Crippen molar-refractivity contribution in [2.24, 2.45) is 5.10 Å². The van der Waals surface area contributed by atoms with Gasteiger partial charge in [0.2, 0.25) is 0 Å². The van der Waals surface area contributed by atoms with Crippen molar-refractivity contribution in [1.82, 2.24) is 5.01 Å². The van der Waals surface area contributed by atoms with Crippen molar-refractivity contribution in [3.63, 3.8) is 0 Å². The molecule has 3 aliphatic rings. The molecule has 0 atom stereocenters. The van der Waals surface area contributed by atoms with E-state index in [0.717, 1.165) is 58.6 Å². The lowest BCUT2D eigenvalue weighted by Gasteiger charge is -2.42. The minimum absolute atomic E-state index is 0.255. The number of carbonyl (C=O) groups is 4. The number of benzene rings is 6. The smallest absolute Gasteiger partial charge is 0.275 e. The van der Waals surface area contributed by atoms with Gasteiger partial charge in [0.15, 0.2) is 11.6 Å². The lowest BCUT2D eigenvalue weighted by molar-refractivity contribution is 0.0674. The van der Waals surface area contributed by atoms with Crippen molar-refractivity contribution in [2.45, 2.75) is 33.2 Å². The van der Waals surface area contributed by atoms with Gasteiger partial charge in [-0.3, -0.25) is 19.2 Å². The minimum atomic E-state index is -1.17. The highest BCUT2D eigenvalue weighted by atomic mass is 16.5. The molecule has 2 N–H and O–H groups in total. The van der Waals surface area contributed by atoms with E-state index in [1.165, 1.54) is 0 Å². The summed E-state index contributed by atoms with van der Waals surface area (Å²) >= 11 is 0. The van der Waals surface area contributed by atoms with Gasteiger partial charge in [0, 0.05) is 86.7 Å². The second-order valence-electron chi connectivity index (χ2n) is 14.9. The number of aryl methyl sites for hydroxylation is 2. The molecule has 59 heavy (non-hydrogen) atoms. The van der Waals surface area contributed by atoms with E-state index in [1.54, 1.807) is 71.9 Å². The predicted octanol–water partition coefficient (Wildman–Crippen LogP) is 9.86. The fourth-order valence-electron chi connectivity index (χ4n) is 8.67. The predicted molar refractivity (Wildman–Crippen MR) is 231 cm³/mol. The molecule has 0 radical (unpaired) electrons. The first-order valence-electron chi connectivity index (χ1n) is 19.7. The first-order valence-corrected chi connectivity index (χ1v) is 19.7. The Kier molecular flexibility index (Phi) is 9.16.